The van der Waals surface area contributed by atoms with Crippen molar-refractivity contribution in [3.8, 4) is 33.4 Å². The van der Waals surface area contributed by atoms with E-state index in [-0.39, 0.29) is 0 Å². The van der Waals surface area contributed by atoms with Gasteiger partial charge in [-0.2, -0.15) is 0 Å². The first-order chi connectivity index (χ1) is 27.3. The SMILES string of the molecule is c1ccc(-c2cccc3c2oc2c(-c4cccc(-c5ccc6c(c5)c5ccccc5c5cc7c8ccccc8c8ccccc8c7cc65)c4)cccc23)cc1. The lowest BCUT2D eigenvalue weighted by atomic mass is 9.87. The molecule has 1 heterocycles. The molecule has 1 nitrogen and oxygen atoms in total. The van der Waals surface area contributed by atoms with Crippen LogP contribution in [-0.2, 0) is 0 Å². The summed E-state index contributed by atoms with van der Waals surface area (Å²) in [4.78, 5) is 0. The Balaban J connectivity index is 1.06. The smallest absolute Gasteiger partial charge is 0.143 e. The summed E-state index contributed by atoms with van der Waals surface area (Å²) in [6.45, 7) is 0. The van der Waals surface area contributed by atoms with Gasteiger partial charge in [-0.15, -0.1) is 0 Å². The molecule has 0 bridgehead atoms. The monoisotopic (exact) mass is 696 g/mol. The predicted molar refractivity (Wildman–Crippen MR) is 235 cm³/mol. The second kappa shape index (κ2) is 11.6. The molecule has 0 aliphatic carbocycles. The number of hydrogen-bond acceptors (Lipinski definition) is 1. The fraction of sp³-hybridized carbons (Fsp3) is 0. The zero-order valence-corrected chi connectivity index (χ0v) is 29.9. The summed E-state index contributed by atoms with van der Waals surface area (Å²) in [5.74, 6) is 0. The molecule has 1 aromatic heterocycles. The van der Waals surface area contributed by atoms with E-state index >= 15 is 0 Å². The van der Waals surface area contributed by atoms with Crippen molar-refractivity contribution in [3.63, 3.8) is 0 Å². The molecular formula is C54H32O. The van der Waals surface area contributed by atoms with Crippen LogP contribution in [0.15, 0.2) is 199 Å². The Hall–Kier alpha value is -7.22. The summed E-state index contributed by atoms with van der Waals surface area (Å²) in [5.41, 5.74) is 8.71. The molecule has 0 radical (unpaired) electrons. The lowest BCUT2D eigenvalue weighted by Gasteiger charge is -2.16. The van der Waals surface area contributed by atoms with Gasteiger partial charge in [0.25, 0.3) is 0 Å². The summed E-state index contributed by atoms with van der Waals surface area (Å²) in [5, 5.41) is 17.7. The number of fused-ring (bicyclic) bond motifs is 15. The largest absolute Gasteiger partial charge is 0.455 e. The Bertz CT molecular complexity index is 3530. The predicted octanol–water partition coefficient (Wildman–Crippen LogP) is 15.5. The average molecular weight is 697 g/mol. The van der Waals surface area contributed by atoms with E-state index in [0.29, 0.717) is 0 Å². The molecule has 0 N–H and O–H groups in total. The van der Waals surface area contributed by atoms with Gasteiger partial charge in [-0.3, -0.25) is 0 Å². The van der Waals surface area contributed by atoms with Crippen molar-refractivity contribution in [2.24, 2.45) is 0 Å². The molecule has 0 aliphatic heterocycles. The van der Waals surface area contributed by atoms with Gasteiger partial charge in [0.1, 0.15) is 11.2 Å². The standard InChI is InChI=1S/C54H32O/c1-2-13-33(14-3-1)37-23-11-25-46-47-26-12-24-38(54(47)55-53(37)46)36-16-10-15-34(29-36)35-27-28-45-48(30-35)43-21-8-9-22-44(43)51-31-49-41-19-6-4-17-39(41)40-18-5-7-20-42(40)50(49)32-52(45)51/h1-32H. The number of hydrogen-bond donors (Lipinski definition) is 0. The highest BCUT2D eigenvalue weighted by Crippen LogP contribution is 2.44. The Labute approximate surface area is 317 Å². The van der Waals surface area contributed by atoms with E-state index in [1.807, 2.05) is 0 Å². The number of furan rings is 1. The van der Waals surface area contributed by atoms with Gasteiger partial charge in [-0.05, 0) is 111 Å². The molecule has 0 aliphatic rings. The quantitative estimate of drug-likeness (QED) is 0.132. The second-order valence-electron chi connectivity index (χ2n) is 14.8. The third-order valence-corrected chi connectivity index (χ3v) is 11.8. The van der Waals surface area contributed by atoms with Crippen molar-refractivity contribution in [2.45, 2.75) is 0 Å². The molecule has 55 heavy (non-hydrogen) atoms. The van der Waals surface area contributed by atoms with Gasteiger partial charge in [0.2, 0.25) is 0 Å². The Morgan fingerprint density at radius 1 is 0.200 bits per heavy atom. The van der Waals surface area contributed by atoms with Crippen molar-refractivity contribution in [2.75, 3.05) is 0 Å². The van der Waals surface area contributed by atoms with E-state index in [0.717, 1.165) is 44.2 Å². The fourth-order valence-corrected chi connectivity index (χ4v) is 9.29. The van der Waals surface area contributed by atoms with Gasteiger partial charge in [0.05, 0.1) is 0 Å². The molecule has 0 saturated heterocycles. The minimum Gasteiger partial charge on any atom is -0.455 e. The number of benzene rings is 11. The third kappa shape index (κ3) is 4.48. The first kappa shape index (κ1) is 30.3. The van der Waals surface area contributed by atoms with Crippen LogP contribution >= 0.6 is 0 Å². The maximum absolute atomic E-state index is 6.80. The van der Waals surface area contributed by atoms with E-state index in [2.05, 4.69) is 194 Å². The van der Waals surface area contributed by atoms with Crippen molar-refractivity contribution in [3.05, 3.63) is 194 Å². The molecule has 254 valence electrons. The molecule has 12 rings (SSSR count). The fourth-order valence-electron chi connectivity index (χ4n) is 9.29. The van der Waals surface area contributed by atoms with Crippen molar-refractivity contribution >= 4 is 86.6 Å². The molecule has 12 aromatic rings. The van der Waals surface area contributed by atoms with Gasteiger partial charge in [-0.25, -0.2) is 0 Å². The van der Waals surface area contributed by atoms with Gasteiger partial charge in [-0.1, -0.05) is 170 Å². The molecule has 0 spiro atoms. The first-order valence-electron chi connectivity index (χ1n) is 19.0. The van der Waals surface area contributed by atoms with Gasteiger partial charge in [0.15, 0.2) is 0 Å². The van der Waals surface area contributed by atoms with Crippen LogP contribution in [-0.4, -0.2) is 0 Å². The first-order valence-corrected chi connectivity index (χ1v) is 19.0. The van der Waals surface area contributed by atoms with Crippen LogP contribution in [0, 0.1) is 0 Å². The number of rotatable bonds is 3. The van der Waals surface area contributed by atoms with Crippen LogP contribution in [0.25, 0.3) is 120 Å². The van der Waals surface area contributed by atoms with E-state index in [1.54, 1.807) is 0 Å². The maximum atomic E-state index is 6.80. The molecule has 1 heteroatoms. The molecule has 0 amide bonds. The minimum absolute atomic E-state index is 0.918. The molecular weight excluding hydrogens is 665 g/mol. The van der Waals surface area contributed by atoms with Crippen LogP contribution in [0.2, 0.25) is 0 Å². The topological polar surface area (TPSA) is 13.1 Å². The summed E-state index contributed by atoms with van der Waals surface area (Å²) in [7, 11) is 0. The molecule has 11 aromatic carbocycles. The van der Waals surface area contributed by atoms with Crippen LogP contribution in [0.4, 0.5) is 0 Å². The highest BCUT2D eigenvalue weighted by Gasteiger charge is 2.17. The van der Waals surface area contributed by atoms with Crippen LogP contribution in [0.3, 0.4) is 0 Å². The maximum Gasteiger partial charge on any atom is 0.143 e. The zero-order chi connectivity index (χ0) is 36.0. The molecule has 0 saturated carbocycles. The van der Waals surface area contributed by atoms with E-state index in [1.165, 1.54) is 75.8 Å². The second-order valence-corrected chi connectivity index (χ2v) is 14.8. The summed E-state index contributed by atoms with van der Waals surface area (Å²) in [6.07, 6.45) is 0. The highest BCUT2D eigenvalue weighted by molar-refractivity contribution is 6.33. The normalized spacial score (nSPS) is 12.0. The van der Waals surface area contributed by atoms with Crippen molar-refractivity contribution < 1.29 is 4.42 Å². The van der Waals surface area contributed by atoms with Crippen molar-refractivity contribution in [1.29, 1.82) is 0 Å². The molecule has 0 atom stereocenters. The van der Waals surface area contributed by atoms with Gasteiger partial charge in [0, 0.05) is 21.9 Å². The highest BCUT2D eigenvalue weighted by atomic mass is 16.3. The average Bonchev–Trinajstić information content (AvgIpc) is 3.66. The summed E-state index contributed by atoms with van der Waals surface area (Å²) >= 11 is 0. The summed E-state index contributed by atoms with van der Waals surface area (Å²) in [6, 6.07) is 70.9. The van der Waals surface area contributed by atoms with Crippen LogP contribution < -0.4 is 0 Å². The van der Waals surface area contributed by atoms with Crippen molar-refractivity contribution in [1.82, 2.24) is 0 Å². The zero-order valence-electron chi connectivity index (χ0n) is 29.9. The third-order valence-electron chi connectivity index (χ3n) is 11.8. The van der Waals surface area contributed by atoms with E-state index in [4.69, 9.17) is 4.42 Å². The molecule has 0 fully saturated rings. The lowest BCUT2D eigenvalue weighted by molar-refractivity contribution is 0.671. The number of para-hydroxylation sites is 2. The van der Waals surface area contributed by atoms with Gasteiger partial charge < -0.3 is 4.42 Å². The van der Waals surface area contributed by atoms with E-state index < -0.39 is 0 Å². The molecule has 0 unspecified atom stereocenters. The summed E-state index contributed by atoms with van der Waals surface area (Å²) < 4.78 is 6.80. The van der Waals surface area contributed by atoms with E-state index in [9.17, 15) is 0 Å². The Kier molecular flexibility index (Phi) is 6.40. The lowest BCUT2D eigenvalue weighted by Crippen LogP contribution is -1.88. The van der Waals surface area contributed by atoms with Crippen LogP contribution in [0.5, 0.6) is 0 Å². The minimum atomic E-state index is 0.918. The van der Waals surface area contributed by atoms with Gasteiger partial charge >= 0.3 is 0 Å². The van der Waals surface area contributed by atoms with Crippen LogP contribution in [0.1, 0.15) is 0 Å². The Morgan fingerprint density at radius 3 is 1.11 bits per heavy atom. The Morgan fingerprint density at radius 2 is 0.564 bits per heavy atom.